The second-order valence-electron chi connectivity index (χ2n) is 11.8. The predicted molar refractivity (Wildman–Crippen MR) is 128 cm³/mol. The van der Waals surface area contributed by atoms with Crippen molar-refractivity contribution in [1.29, 1.82) is 0 Å². The summed E-state index contributed by atoms with van der Waals surface area (Å²) in [5.74, 6) is 0.622. The predicted octanol–water partition coefficient (Wildman–Crippen LogP) is 4.47. The Morgan fingerprint density at radius 3 is 1.56 bits per heavy atom. The van der Waals surface area contributed by atoms with Crippen molar-refractivity contribution >= 4 is 25.6 Å². The van der Waals surface area contributed by atoms with E-state index in [4.69, 9.17) is 23.0 Å². The molecule has 10 heteroatoms. The van der Waals surface area contributed by atoms with Crippen LogP contribution in [0, 0.1) is 0 Å². The Morgan fingerprint density at radius 1 is 0.844 bits per heavy atom. The molecular formula is C22H39B2NO6S. The van der Waals surface area contributed by atoms with Crippen molar-refractivity contribution in [3.05, 3.63) is 24.2 Å². The van der Waals surface area contributed by atoms with Crippen molar-refractivity contribution in [2.45, 2.75) is 115 Å². The molecule has 3 rings (SSSR count). The molecule has 0 aliphatic carbocycles. The molecule has 1 unspecified atom stereocenters. The topological polar surface area (TPSA) is 85.2 Å². The first-order valence-corrected chi connectivity index (χ1v) is 12.5. The number of nitrogens with one attached hydrogen (secondary N) is 1. The Labute approximate surface area is 197 Å². The first kappa shape index (κ1) is 26.1. The van der Waals surface area contributed by atoms with E-state index in [0.717, 1.165) is 0 Å². The van der Waals surface area contributed by atoms with Gasteiger partial charge in [0.05, 0.1) is 34.4 Å². The highest BCUT2D eigenvalue weighted by Crippen LogP contribution is 2.49. The molecule has 0 radical (unpaired) electrons. The van der Waals surface area contributed by atoms with Crippen molar-refractivity contribution in [2.24, 2.45) is 0 Å². The Kier molecular flexibility index (Phi) is 6.80. The van der Waals surface area contributed by atoms with Gasteiger partial charge in [-0.05, 0) is 88.3 Å². The molecule has 2 aliphatic heterocycles. The molecule has 1 aromatic rings. The molecule has 0 saturated carbocycles. The third kappa shape index (κ3) is 4.83. The molecule has 0 aromatic carbocycles. The van der Waals surface area contributed by atoms with Gasteiger partial charge in [-0.25, -0.2) is 0 Å². The van der Waals surface area contributed by atoms with Crippen LogP contribution < -0.4 is 4.72 Å². The molecule has 2 aliphatic rings. The smallest absolute Gasteiger partial charge is 0.461 e. The second kappa shape index (κ2) is 8.33. The van der Waals surface area contributed by atoms with E-state index in [0.29, 0.717) is 5.76 Å². The number of hydrogen-bond acceptors (Lipinski definition) is 7. The summed E-state index contributed by atoms with van der Waals surface area (Å²) in [6.07, 6.45) is 1.61. The Morgan fingerprint density at radius 2 is 1.25 bits per heavy atom. The van der Waals surface area contributed by atoms with Gasteiger partial charge in [0, 0.05) is 11.4 Å². The zero-order valence-corrected chi connectivity index (χ0v) is 22.2. The lowest BCUT2D eigenvalue weighted by Gasteiger charge is -2.33. The fourth-order valence-electron chi connectivity index (χ4n) is 3.62. The summed E-state index contributed by atoms with van der Waals surface area (Å²) in [5.41, 5.74) is -2.67. The summed E-state index contributed by atoms with van der Waals surface area (Å²) in [6, 6.07) is 3.14. The maximum Gasteiger partial charge on any atom is 0.461 e. The quantitative estimate of drug-likeness (QED) is 0.488. The molecule has 180 valence electrons. The molecule has 2 atom stereocenters. The van der Waals surface area contributed by atoms with Crippen LogP contribution in [0.4, 0.5) is 0 Å². The zero-order chi connectivity index (χ0) is 24.3. The van der Waals surface area contributed by atoms with Crippen LogP contribution in [-0.2, 0) is 30.0 Å². The Bertz CT molecular complexity index is 725. The normalized spacial score (nSPS) is 26.0. The highest BCUT2D eigenvalue weighted by atomic mass is 32.2. The van der Waals surface area contributed by atoms with Crippen LogP contribution in [-0.4, -0.2) is 45.9 Å². The van der Waals surface area contributed by atoms with Crippen LogP contribution >= 0.6 is 0 Å². The van der Waals surface area contributed by atoms with Crippen LogP contribution in [0.3, 0.4) is 0 Å². The van der Waals surface area contributed by atoms with Gasteiger partial charge in [0.15, 0.2) is 0 Å². The van der Waals surface area contributed by atoms with E-state index in [1.54, 1.807) is 6.26 Å². The molecule has 2 fully saturated rings. The van der Waals surface area contributed by atoms with Crippen LogP contribution in [0.2, 0.25) is 5.72 Å². The second-order valence-corrected chi connectivity index (χ2v) is 13.8. The highest BCUT2D eigenvalue weighted by molar-refractivity contribution is 7.90. The van der Waals surface area contributed by atoms with E-state index in [9.17, 15) is 4.55 Å². The minimum Gasteiger partial charge on any atom is -0.598 e. The molecule has 7 nitrogen and oxygen atoms in total. The lowest BCUT2D eigenvalue weighted by Crippen LogP contribution is -2.49. The lowest BCUT2D eigenvalue weighted by molar-refractivity contribution is 0.00578. The summed E-state index contributed by atoms with van der Waals surface area (Å²) in [7, 11) is -1.34. The van der Waals surface area contributed by atoms with Gasteiger partial charge < -0.3 is 27.6 Å². The molecule has 0 bridgehead atoms. The van der Waals surface area contributed by atoms with Gasteiger partial charge >= 0.3 is 14.2 Å². The molecule has 2 saturated heterocycles. The zero-order valence-electron chi connectivity index (χ0n) is 21.4. The number of furan rings is 1. The Hall–Kier alpha value is -0.480. The molecule has 0 spiro atoms. The van der Waals surface area contributed by atoms with Crippen molar-refractivity contribution in [3.63, 3.8) is 0 Å². The highest BCUT2D eigenvalue weighted by Gasteiger charge is 2.64. The van der Waals surface area contributed by atoms with Gasteiger partial charge in [0.1, 0.15) is 16.5 Å². The fraction of sp³-hybridized carbons (Fsp3) is 0.818. The van der Waals surface area contributed by atoms with Gasteiger partial charge in [-0.15, -0.1) is 4.72 Å². The van der Waals surface area contributed by atoms with Gasteiger partial charge in [-0.1, -0.05) is 0 Å². The number of hydrogen-bond donors (Lipinski definition) is 1. The van der Waals surface area contributed by atoms with E-state index < -0.39 is 64.5 Å². The van der Waals surface area contributed by atoms with Crippen molar-refractivity contribution in [1.82, 2.24) is 4.72 Å². The average molecular weight is 467 g/mol. The van der Waals surface area contributed by atoms with Gasteiger partial charge in [-0.2, -0.15) is 0 Å². The third-order valence-corrected chi connectivity index (χ3v) is 8.78. The van der Waals surface area contributed by atoms with E-state index in [1.165, 1.54) is 0 Å². The summed E-state index contributed by atoms with van der Waals surface area (Å²) in [5, 5.41) is 0. The molecule has 32 heavy (non-hydrogen) atoms. The summed E-state index contributed by atoms with van der Waals surface area (Å²) in [4.78, 5) is 0. The van der Waals surface area contributed by atoms with Crippen molar-refractivity contribution < 1.29 is 27.6 Å². The molecule has 0 amide bonds. The summed E-state index contributed by atoms with van der Waals surface area (Å²) < 4.78 is 47.6. The maximum absolute atomic E-state index is 13.2. The minimum absolute atomic E-state index is 0.485. The minimum atomic E-state index is -1.38. The van der Waals surface area contributed by atoms with Crippen molar-refractivity contribution in [2.75, 3.05) is 0 Å². The van der Waals surface area contributed by atoms with Crippen LogP contribution in [0.15, 0.2) is 22.8 Å². The molecule has 1 N–H and O–H groups in total. The SMILES string of the molecule is CC(C)(C)[S@@+]([O-])NC(c1ccco1)C(B1OC(C)(C)C(C)(C)O1)B1OC(C)(C)C(C)(C)O1. The maximum atomic E-state index is 13.2. The average Bonchev–Trinajstić information content (AvgIpc) is 3.23. The van der Waals surface area contributed by atoms with Crippen LogP contribution in [0.5, 0.6) is 0 Å². The largest absolute Gasteiger partial charge is 0.598 e. The lowest BCUT2D eigenvalue weighted by atomic mass is 9.48. The van der Waals surface area contributed by atoms with Crippen LogP contribution in [0.25, 0.3) is 0 Å². The first-order valence-electron chi connectivity index (χ1n) is 11.3. The van der Waals surface area contributed by atoms with E-state index >= 15 is 0 Å². The third-order valence-electron chi connectivity index (χ3n) is 7.20. The van der Waals surface area contributed by atoms with E-state index in [-0.39, 0.29) is 0 Å². The molecule has 1 aromatic heterocycles. The summed E-state index contributed by atoms with van der Waals surface area (Å²) >= 11 is -1.38. The molecule has 3 heterocycles. The number of rotatable bonds is 6. The summed E-state index contributed by atoms with van der Waals surface area (Å²) in [6.45, 7) is 21.9. The standard InChI is InChI=1S/C22H39B2NO6S/c1-18(2,3)32(26)25-16(15-13-12-14-27-15)17(23-28-19(4,5)20(6,7)29-23)24-30-21(8,9)22(10,11)31-24/h12-14,16-17,25H,1-11H3/t16?,32-/m1/s1. The van der Waals surface area contributed by atoms with Crippen molar-refractivity contribution in [3.8, 4) is 0 Å². The van der Waals surface area contributed by atoms with Crippen LogP contribution in [0.1, 0.15) is 88.0 Å². The van der Waals surface area contributed by atoms with E-state index in [1.807, 2.05) is 88.3 Å². The molecular weight excluding hydrogens is 428 g/mol. The monoisotopic (exact) mass is 467 g/mol. The van der Waals surface area contributed by atoms with Gasteiger partial charge in [0.2, 0.25) is 0 Å². The first-order chi connectivity index (χ1) is 14.4. The Balaban J connectivity index is 2.06. The fourth-order valence-corrected chi connectivity index (χ4v) is 4.48. The van der Waals surface area contributed by atoms with Gasteiger partial charge in [0.25, 0.3) is 0 Å². The van der Waals surface area contributed by atoms with Gasteiger partial charge in [-0.3, -0.25) is 0 Å². The van der Waals surface area contributed by atoms with E-state index in [2.05, 4.69) is 4.72 Å².